The highest BCUT2D eigenvalue weighted by molar-refractivity contribution is 5.98. The zero-order valence-electron chi connectivity index (χ0n) is 18.7. The van der Waals surface area contributed by atoms with Gasteiger partial charge in [-0.2, -0.15) is 0 Å². The van der Waals surface area contributed by atoms with Crippen LogP contribution >= 0.6 is 0 Å². The van der Waals surface area contributed by atoms with Gasteiger partial charge in [0.25, 0.3) is 5.69 Å². The molecule has 0 saturated heterocycles. The van der Waals surface area contributed by atoms with Gasteiger partial charge in [-0.1, -0.05) is 48.0 Å². The van der Waals surface area contributed by atoms with E-state index in [0.29, 0.717) is 16.0 Å². The Morgan fingerprint density at radius 2 is 1.76 bits per heavy atom. The summed E-state index contributed by atoms with van der Waals surface area (Å²) in [6.07, 6.45) is 2.53. The molecule has 1 unspecified atom stereocenters. The van der Waals surface area contributed by atoms with Crippen molar-refractivity contribution in [2.45, 2.75) is 72.3 Å². The van der Waals surface area contributed by atoms with Gasteiger partial charge in [0, 0.05) is 22.5 Å². The summed E-state index contributed by atoms with van der Waals surface area (Å²) in [5.74, 6) is -0.402. The van der Waals surface area contributed by atoms with Gasteiger partial charge in [-0.05, 0) is 42.7 Å². The van der Waals surface area contributed by atoms with E-state index in [0.717, 1.165) is 19.3 Å². The topological polar surface area (TPSA) is 89.7 Å². The molecule has 1 atom stereocenters. The molecule has 0 aliphatic heterocycles. The van der Waals surface area contributed by atoms with Crippen molar-refractivity contribution in [3.05, 3.63) is 39.4 Å². The van der Waals surface area contributed by atoms with Crippen molar-refractivity contribution in [1.82, 2.24) is 0 Å². The third-order valence-electron chi connectivity index (χ3n) is 7.23. The van der Waals surface area contributed by atoms with Crippen LogP contribution in [0.15, 0.2) is 18.2 Å². The molecule has 7 heteroatoms. The number of aromatic carboxylic acids is 1. The van der Waals surface area contributed by atoms with Gasteiger partial charge in [0.15, 0.2) is 0 Å². The maximum atomic E-state index is 12.0. The smallest absolute Gasteiger partial charge is 0.335 e. The van der Waals surface area contributed by atoms with Crippen LogP contribution in [0, 0.1) is 33.3 Å². The van der Waals surface area contributed by atoms with Gasteiger partial charge in [-0.3, -0.25) is 10.1 Å². The van der Waals surface area contributed by atoms with E-state index in [1.165, 1.54) is 12.1 Å². The SMILES string of the molecule is CC(C)C(O[SiH3])C(C(C)C)(C(C)C)C1(c2cc(C(=O)O)ccc2[N+](=O)[O-])CCC1. The van der Waals surface area contributed by atoms with Crippen LogP contribution < -0.4 is 0 Å². The number of carbonyl (C=O) groups is 1. The fourth-order valence-electron chi connectivity index (χ4n) is 6.40. The Hall–Kier alpha value is -1.73. The van der Waals surface area contributed by atoms with Gasteiger partial charge in [0.05, 0.1) is 16.6 Å². The first-order valence-corrected chi connectivity index (χ1v) is 11.3. The molecule has 1 fully saturated rings. The number of nitro groups is 1. The second kappa shape index (κ2) is 8.56. The maximum Gasteiger partial charge on any atom is 0.335 e. The number of carboxylic acids is 1. The van der Waals surface area contributed by atoms with E-state index in [4.69, 9.17) is 4.43 Å². The lowest BCUT2D eigenvalue weighted by atomic mass is 9.41. The van der Waals surface area contributed by atoms with Crippen molar-refractivity contribution in [1.29, 1.82) is 0 Å². The number of benzene rings is 1. The number of carboxylic acid groups (broad SMARTS) is 1. The first-order chi connectivity index (χ1) is 13.5. The van der Waals surface area contributed by atoms with Gasteiger partial charge in [0.1, 0.15) is 10.5 Å². The van der Waals surface area contributed by atoms with Crippen molar-refractivity contribution >= 4 is 22.1 Å². The minimum atomic E-state index is -1.06. The molecule has 0 spiro atoms. The van der Waals surface area contributed by atoms with Crippen molar-refractivity contribution in [3.63, 3.8) is 0 Å². The van der Waals surface area contributed by atoms with Crippen LogP contribution in [0.3, 0.4) is 0 Å². The number of nitrogens with zero attached hydrogens (tertiary/aromatic N) is 1. The molecule has 29 heavy (non-hydrogen) atoms. The molecule has 1 aromatic carbocycles. The van der Waals surface area contributed by atoms with E-state index in [9.17, 15) is 20.0 Å². The fourth-order valence-corrected chi connectivity index (χ4v) is 7.33. The van der Waals surface area contributed by atoms with Gasteiger partial charge in [-0.25, -0.2) is 4.79 Å². The Morgan fingerprint density at radius 3 is 2.07 bits per heavy atom. The van der Waals surface area contributed by atoms with Gasteiger partial charge >= 0.3 is 5.97 Å². The van der Waals surface area contributed by atoms with E-state index in [2.05, 4.69) is 41.5 Å². The lowest BCUT2D eigenvalue weighted by molar-refractivity contribution is -0.386. The highest BCUT2D eigenvalue weighted by atomic mass is 28.2. The second-order valence-corrected chi connectivity index (χ2v) is 9.84. The zero-order chi connectivity index (χ0) is 22.1. The number of hydrogen-bond acceptors (Lipinski definition) is 4. The normalized spacial score (nSPS) is 17.6. The Bertz CT molecular complexity index is 762. The minimum absolute atomic E-state index is 0.0243. The Labute approximate surface area is 176 Å². The van der Waals surface area contributed by atoms with Crippen LogP contribution in [0.4, 0.5) is 5.69 Å². The van der Waals surface area contributed by atoms with Crippen LogP contribution in [0.5, 0.6) is 0 Å². The van der Waals surface area contributed by atoms with Crippen LogP contribution in [0.25, 0.3) is 0 Å². The fraction of sp³-hybridized carbons (Fsp3) is 0.682. The third kappa shape index (κ3) is 3.52. The molecule has 0 radical (unpaired) electrons. The lowest BCUT2D eigenvalue weighted by Crippen LogP contribution is -2.63. The summed E-state index contributed by atoms with van der Waals surface area (Å²) in [4.78, 5) is 23.3. The molecule has 2 rings (SSSR count). The average Bonchev–Trinajstić information content (AvgIpc) is 2.58. The summed E-state index contributed by atoms with van der Waals surface area (Å²) >= 11 is 0. The van der Waals surface area contributed by atoms with Crippen LogP contribution in [-0.4, -0.2) is 32.6 Å². The van der Waals surface area contributed by atoms with Gasteiger partial charge in [0.2, 0.25) is 0 Å². The Morgan fingerprint density at radius 1 is 1.21 bits per heavy atom. The second-order valence-electron chi connectivity index (χ2n) is 9.37. The predicted molar refractivity (Wildman–Crippen MR) is 117 cm³/mol. The highest BCUT2D eigenvalue weighted by Gasteiger charge is 2.64. The quantitative estimate of drug-likeness (QED) is 0.364. The lowest BCUT2D eigenvalue weighted by Gasteiger charge is -2.64. The maximum absolute atomic E-state index is 12.0. The number of hydrogen-bond donors (Lipinski definition) is 1. The number of nitro benzene ring substituents is 1. The summed E-state index contributed by atoms with van der Waals surface area (Å²) in [5, 5.41) is 21.5. The average molecular weight is 422 g/mol. The number of rotatable bonds is 9. The molecule has 0 heterocycles. The van der Waals surface area contributed by atoms with Gasteiger partial charge in [-0.15, -0.1) is 0 Å². The third-order valence-corrected chi connectivity index (χ3v) is 7.74. The first-order valence-electron chi connectivity index (χ1n) is 10.5. The molecule has 1 saturated carbocycles. The standard InChI is InChI=1S/C22H35NO5Si/c1-13(2)19(28-29)22(14(3)4,15(5)6)21(10-7-11-21)17-12-16(20(24)25)8-9-18(17)23(26)27/h8-9,12-15,19H,7,10-11H2,1-6,29H3,(H,24,25). The molecule has 1 aliphatic carbocycles. The van der Waals surface area contributed by atoms with E-state index < -0.39 is 11.4 Å². The molecule has 0 bridgehead atoms. The summed E-state index contributed by atoms with van der Waals surface area (Å²) in [6, 6.07) is 4.27. The van der Waals surface area contributed by atoms with E-state index in [1.807, 2.05) is 0 Å². The van der Waals surface area contributed by atoms with Crippen LogP contribution in [0.1, 0.15) is 76.7 Å². The summed E-state index contributed by atoms with van der Waals surface area (Å²) in [6.45, 7) is 13.0. The minimum Gasteiger partial charge on any atom is -0.478 e. The summed E-state index contributed by atoms with van der Waals surface area (Å²) < 4.78 is 6.23. The van der Waals surface area contributed by atoms with Crippen molar-refractivity contribution < 1.29 is 19.3 Å². The molecule has 1 aromatic rings. The molecule has 0 amide bonds. The largest absolute Gasteiger partial charge is 0.478 e. The van der Waals surface area contributed by atoms with E-state index in [-0.39, 0.29) is 45.4 Å². The first kappa shape index (κ1) is 23.5. The van der Waals surface area contributed by atoms with E-state index in [1.54, 1.807) is 6.07 Å². The molecule has 162 valence electrons. The molecular weight excluding hydrogens is 386 g/mol. The summed E-state index contributed by atoms with van der Waals surface area (Å²) in [7, 11) is 0.578. The molecule has 6 nitrogen and oxygen atoms in total. The van der Waals surface area contributed by atoms with Crippen LogP contribution in [0.2, 0.25) is 0 Å². The van der Waals surface area contributed by atoms with E-state index >= 15 is 0 Å². The summed E-state index contributed by atoms with van der Waals surface area (Å²) in [5.41, 5.74) is -0.131. The molecule has 0 aromatic heterocycles. The van der Waals surface area contributed by atoms with Crippen molar-refractivity contribution in [3.8, 4) is 0 Å². The molecule has 1 N–H and O–H groups in total. The molecule has 1 aliphatic rings. The van der Waals surface area contributed by atoms with Crippen molar-refractivity contribution in [2.75, 3.05) is 0 Å². The zero-order valence-corrected chi connectivity index (χ0v) is 20.7. The highest BCUT2D eigenvalue weighted by Crippen LogP contribution is 2.65. The monoisotopic (exact) mass is 421 g/mol. The Balaban J connectivity index is 2.93. The molecular formula is C22H35NO5Si. The van der Waals surface area contributed by atoms with Crippen molar-refractivity contribution in [2.24, 2.45) is 23.2 Å². The Kier molecular flexibility index (Phi) is 6.95. The van der Waals surface area contributed by atoms with Gasteiger partial charge < -0.3 is 9.53 Å². The van der Waals surface area contributed by atoms with Crippen LogP contribution in [-0.2, 0) is 9.84 Å². The predicted octanol–water partition coefficient (Wildman–Crippen LogP) is 4.33.